The predicted molar refractivity (Wildman–Crippen MR) is 69.6 cm³/mol. The van der Waals surface area contributed by atoms with Gasteiger partial charge in [-0.15, -0.1) is 0 Å². The molecule has 0 radical (unpaired) electrons. The normalized spacial score (nSPS) is 36.6. The minimum atomic E-state index is -2.79. The van der Waals surface area contributed by atoms with E-state index < -0.39 is 9.84 Å². The molecule has 4 nitrogen and oxygen atoms in total. The largest absolute Gasteiger partial charge is 0.328 e. The van der Waals surface area contributed by atoms with Crippen LogP contribution in [0.3, 0.4) is 0 Å². The molecule has 0 saturated carbocycles. The van der Waals surface area contributed by atoms with E-state index in [1.54, 1.807) is 0 Å². The summed E-state index contributed by atoms with van der Waals surface area (Å²) in [4.78, 5) is 2.37. The van der Waals surface area contributed by atoms with E-state index in [-0.39, 0.29) is 12.1 Å². The second-order valence-corrected chi connectivity index (χ2v) is 7.90. The Morgan fingerprint density at radius 3 is 2.71 bits per heavy atom. The number of hydrogen-bond donors (Lipinski definition) is 1. The Kier molecular flexibility index (Phi) is 4.10. The molecule has 2 aliphatic heterocycles. The van der Waals surface area contributed by atoms with E-state index in [1.807, 2.05) is 0 Å². The summed E-state index contributed by atoms with van der Waals surface area (Å²) >= 11 is 0. The lowest BCUT2D eigenvalue weighted by Gasteiger charge is -2.40. The van der Waals surface area contributed by atoms with Gasteiger partial charge in [-0.3, -0.25) is 4.90 Å². The van der Waals surface area contributed by atoms with Gasteiger partial charge in [0.05, 0.1) is 11.5 Å². The first kappa shape index (κ1) is 13.3. The molecule has 2 fully saturated rings. The van der Waals surface area contributed by atoms with Gasteiger partial charge in [0.25, 0.3) is 0 Å². The summed E-state index contributed by atoms with van der Waals surface area (Å²) in [6.07, 6.45) is 4.20. The lowest BCUT2D eigenvalue weighted by atomic mass is 9.91. The second-order valence-electron chi connectivity index (χ2n) is 5.67. The lowest BCUT2D eigenvalue weighted by molar-refractivity contribution is 0.116. The summed E-state index contributed by atoms with van der Waals surface area (Å²) in [5.41, 5.74) is 5.97. The summed E-state index contributed by atoms with van der Waals surface area (Å²) < 4.78 is 23.3. The van der Waals surface area contributed by atoms with Crippen LogP contribution >= 0.6 is 0 Å². The van der Waals surface area contributed by atoms with Crippen LogP contribution in [0, 0.1) is 5.92 Å². The molecule has 0 aromatic rings. The number of sulfone groups is 1. The third-order valence-corrected chi connectivity index (χ3v) is 5.99. The van der Waals surface area contributed by atoms with Crippen molar-refractivity contribution < 1.29 is 8.42 Å². The summed E-state index contributed by atoms with van der Waals surface area (Å²) in [5.74, 6) is 1.28. The summed E-state index contributed by atoms with van der Waals surface area (Å²) in [6.45, 7) is 4.09. The van der Waals surface area contributed by atoms with Gasteiger partial charge in [-0.05, 0) is 45.1 Å². The number of hydrogen-bond acceptors (Lipinski definition) is 4. The lowest BCUT2D eigenvalue weighted by Crippen LogP contribution is -2.50. The summed E-state index contributed by atoms with van der Waals surface area (Å²) in [6, 6.07) is 0.466. The van der Waals surface area contributed by atoms with E-state index in [4.69, 9.17) is 5.73 Å². The molecule has 2 N–H and O–H groups in total. The van der Waals surface area contributed by atoms with Gasteiger partial charge >= 0.3 is 0 Å². The highest BCUT2D eigenvalue weighted by molar-refractivity contribution is 7.91. The van der Waals surface area contributed by atoms with Crippen LogP contribution in [-0.2, 0) is 9.84 Å². The van der Waals surface area contributed by atoms with Crippen LogP contribution in [0.2, 0.25) is 0 Å². The molecule has 2 heterocycles. The molecule has 17 heavy (non-hydrogen) atoms. The van der Waals surface area contributed by atoms with E-state index in [0.717, 1.165) is 32.4 Å². The third kappa shape index (κ3) is 3.42. The van der Waals surface area contributed by atoms with E-state index >= 15 is 0 Å². The SMILES string of the molecule is CC(N)C1CCCN(C2CCCS(=O)(=O)C2)C1. The van der Waals surface area contributed by atoms with Gasteiger partial charge in [-0.25, -0.2) is 8.42 Å². The summed E-state index contributed by atoms with van der Waals surface area (Å²) in [7, 11) is -2.79. The third-order valence-electron chi connectivity index (χ3n) is 4.19. The van der Waals surface area contributed by atoms with Crippen LogP contribution in [0.4, 0.5) is 0 Å². The van der Waals surface area contributed by atoms with E-state index in [1.165, 1.54) is 6.42 Å². The van der Waals surface area contributed by atoms with Crippen molar-refractivity contribution in [1.29, 1.82) is 0 Å². The fourth-order valence-electron chi connectivity index (χ4n) is 3.09. The zero-order valence-corrected chi connectivity index (χ0v) is 11.5. The Hall–Kier alpha value is -0.130. The fraction of sp³-hybridized carbons (Fsp3) is 1.00. The average molecular weight is 260 g/mol. The number of likely N-dealkylation sites (tertiary alicyclic amines) is 1. The van der Waals surface area contributed by atoms with Crippen LogP contribution in [0.25, 0.3) is 0 Å². The van der Waals surface area contributed by atoms with E-state index in [0.29, 0.717) is 17.4 Å². The zero-order chi connectivity index (χ0) is 12.5. The van der Waals surface area contributed by atoms with Gasteiger partial charge in [-0.2, -0.15) is 0 Å². The van der Waals surface area contributed by atoms with Gasteiger partial charge in [0, 0.05) is 18.6 Å². The monoisotopic (exact) mass is 260 g/mol. The summed E-state index contributed by atoms with van der Waals surface area (Å²) in [5, 5.41) is 0. The quantitative estimate of drug-likeness (QED) is 0.791. The molecule has 5 heteroatoms. The maximum absolute atomic E-state index is 11.7. The first-order valence-electron chi connectivity index (χ1n) is 6.68. The molecule has 100 valence electrons. The van der Waals surface area contributed by atoms with Crippen LogP contribution in [0.1, 0.15) is 32.6 Å². The van der Waals surface area contributed by atoms with Gasteiger partial charge in [0.1, 0.15) is 0 Å². The maximum Gasteiger partial charge on any atom is 0.151 e. The zero-order valence-electron chi connectivity index (χ0n) is 10.6. The van der Waals surface area contributed by atoms with E-state index in [9.17, 15) is 8.42 Å². The van der Waals surface area contributed by atoms with Crippen molar-refractivity contribution in [1.82, 2.24) is 4.90 Å². The Morgan fingerprint density at radius 2 is 2.06 bits per heavy atom. The molecular weight excluding hydrogens is 236 g/mol. The molecule has 0 bridgehead atoms. The van der Waals surface area contributed by atoms with Crippen LogP contribution in [0.15, 0.2) is 0 Å². The average Bonchev–Trinajstić information content (AvgIpc) is 2.28. The predicted octanol–water partition coefficient (Wildman–Crippen LogP) is 0.623. The van der Waals surface area contributed by atoms with Crippen LogP contribution in [-0.4, -0.2) is 50.0 Å². The van der Waals surface area contributed by atoms with Crippen molar-refractivity contribution in [2.45, 2.75) is 44.7 Å². The molecule has 0 aromatic carbocycles. The van der Waals surface area contributed by atoms with Crippen molar-refractivity contribution >= 4 is 9.84 Å². The molecule has 0 aliphatic carbocycles. The molecule has 3 atom stereocenters. The van der Waals surface area contributed by atoms with Gasteiger partial charge in [0.15, 0.2) is 9.84 Å². The number of piperidine rings is 1. The van der Waals surface area contributed by atoms with Crippen molar-refractivity contribution in [2.75, 3.05) is 24.6 Å². The van der Waals surface area contributed by atoms with Crippen molar-refractivity contribution in [3.05, 3.63) is 0 Å². The van der Waals surface area contributed by atoms with E-state index in [2.05, 4.69) is 11.8 Å². The van der Waals surface area contributed by atoms with Gasteiger partial charge in [-0.1, -0.05) is 0 Å². The highest BCUT2D eigenvalue weighted by atomic mass is 32.2. The minimum Gasteiger partial charge on any atom is -0.328 e. The van der Waals surface area contributed by atoms with Gasteiger partial charge < -0.3 is 5.73 Å². The molecular formula is C12H24N2O2S. The molecule has 0 amide bonds. The molecule has 2 rings (SSSR count). The second kappa shape index (κ2) is 5.24. The first-order valence-corrected chi connectivity index (χ1v) is 8.50. The van der Waals surface area contributed by atoms with Crippen molar-refractivity contribution in [3.63, 3.8) is 0 Å². The van der Waals surface area contributed by atoms with Gasteiger partial charge in [0.2, 0.25) is 0 Å². The smallest absolute Gasteiger partial charge is 0.151 e. The highest BCUT2D eigenvalue weighted by Crippen LogP contribution is 2.25. The number of nitrogens with zero attached hydrogens (tertiary/aromatic N) is 1. The molecule has 0 spiro atoms. The maximum atomic E-state index is 11.7. The minimum absolute atomic E-state index is 0.220. The number of nitrogens with two attached hydrogens (primary N) is 1. The molecule has 2 saturated heterocycles. The molecule has 3 unspecified atom stereocenters. The standard InChI is InChI=1S/C12H24N2O2S/c1-10(13)11-4-2-6-14(8-11)12-5-3-7-17(15,16)9-12/h10-12H,2-9,13H2,1H3. The van der Waals surface area contributed by atoms with Crippen molar-refractivity contribution in [2.24, 2.45) is 11.7 Å². The highest BCUT2D eigenvalue weighted by Gasteiger charge is 2.32. The Bertz CT molecular complexity index is 354. The molecule has 2 aliphatic rings. The fourth-order valence-corrected chi connectivity index (χ4v) is 4.82. The Balaban J connectivity index is 1.97. The Morgan fingerprint density at radius 1 is 1.29 bits per heavy atom. The van der Waals surface area contributed by atoms with Crippen molar-refractivity contribution in [3.8, 4) is 0 Å². The number of rotatable bonds is 2. The van der Waals surface area contributed by atoms with Crippen LogP contribution in [0.5, 0.6) is 0 Å². The topological polar surface area (TPSA) is 63.4 Å². The molecule has 0 aromatic heterocycles. The first-order chi connectivity index (χ1) is 7.98. The van der Waals surface area contributed by atoms with Crippen LogP contribution < -0.4 is 5.73 Å². The Labute approximate surface area is 104 Å².